The minimum atomic E-state index is -0.277. The quantitative estimate of drug-likeness (QED) is 0.863. The second-order valence-electron chi connectivity index (χ2n) is 5.72. The van der Waals surface area contributed by atoms with Gasteiger partial charge < -0.3 is 10.2 Å². The molecule has 0 aliphatic rings. The molecule has 2 aromatic rings. The van der Waals surface area contributed by atoms with Crippen LogP contribution in [0.15, 0.2) is 47.3 Å². The number of aromatic nitrogens is 2. The lowest BCUT2D eigenvalue weighted by atomic mass is 10.2. The van der Waals surface area contributed by atoms with E-state index in [2.05, 4.69) is 10.4 Å². The summed E-state index contributed by atoms with van der Waals surface area (Å²) in [5.74, 6) is -0.277. The number of hydrogen-bond acceptors (Lipinski definition) is 4. The maximum Gasteiger partial charge on any atom is 0.271 e. The lowest BCUT2D eigenvalue weighted by Gasteiger charge is -2.19. The molecule has 0 bridgehead atoms. The Labute approximate surface area is 135 Å². The highest BCUT2D eigenvalue weighted by Gasteiger charge is 2.12. The van der Waals surface area contributed by atoms with Gasteiger partial charge in [-0.2, -0.15) is 5.10 Å². The lowest BCUT2D eigenvalue weighted by molar-refractivity contribution is 0.0936. The van der Waals surface area contributed by atoms with Crippen molar-refractivity contribution in [2.75, 3.05) is 20.6 Å². The fourth-order valence-corrected chi connectivity index (χ4v) is 1.95. The Hall–Kier alpha value is -2.47. The Balaban J connectivity index is 2.10. The number of carbonyl (C=O) groups is 1. The van der Waals surface area contributed by atoms with E-state index in [0.29, 0.717) is 13.1 Å². The summed E-state index contributed by atoms with van der Waals surface area (Å²) in [5.41, 5.74) is 0.972. The molecular formula is C17H22N4O2. The van der Waals surface area contributed by atoms with E-state index in [1.54, 1.807) is 0 Å². The Morgan fingerprint density at radius 1 is 1.22 bits per heavy atom. The Morgan fingerprint density at radius 3 is 2.57 bits per heavy atom. The largest absolute Gasteiger partial charge is 0.349 e. The van der Waals surface area contributed by atoms with Crippen LogP contribution in [-0.2, 0) is 6.54 Å². The van der Waals surface area contributed by atoms with Gasteiger partial charge >= 0.3 is 0 Å². The lowest BCUT2D eigenvalue weighted by Crippen LogP contribution is -2.39. The van der Waals surface area contributed by atoms with E-state index in [9.17, 15) is 9.59 Å². The van der Waals surface area contributed by atoms with Crippen molar-refractivity contribution in [1.82, 2.24) is 20.0 Å². The van der Waals surface area contributed by atoms with Crippen LogP contribution in [0, 0.1) is 0 Å². The van der Waals surface area contributed by atoms with Crippen LogP contribution in [0.1, 0.15) is 23.0 Å². The maximum atomic E-state index is 12.2. The molecule has 0 radical (unpaired) electrons. The van der Waals surface area contributed by atoms with Gasteiger partial charge in [0.2, 0.25) is 0 Å². The molecule has 23 heavy (non-hydrogen) atoms. The molecule has 0 aliphatic heterocycles. The van der Waals surface area contributed by atoms with Crippen LogP contribution in [0.4, 0.5) is 0 Å². The number of hydrogen-bond donors (Lipinski definition) is 1. The molecule has 0 unspecified atom stereocenters. The summed E-state index contributed by atoms with van der Waals surface area (Å²) in [6.45, 7) is 2.88. The second-order valence-corrected chi connectivity index (χ2v) is 5.72. The molecule has 1 N–H and O–H groups in total. The number of nitrogens with one attached hydrogen (secondary N) is 1. The number of amides is 1. The SMILES string of the molecule is C[C@@H](CNC(=O)c1ccc(=O)n(Cc2ccccc2)n1)N(C)C. The first-order chi connectivity index (χ1) is 11.0. The van der Waals surface area contributed by atoms with Crippen molar-refractivity contribution in [2.45, 2.75) is 19.5 Å². The smallest absolute Gasteiger partial charge is 0.271 e. The van der Waals surface area contributed by atoms with Crippen molar-refractivity contribution >= 4 is 5.91 Å². The molecule has 0 aliphatic carbocycles. The molecule has 1 heterocycles. The fourth-order valence-electron chi connectivity index (χ4n) is 1.95. The predicted molar refractivity (Wildman–Crippen MR) is 89.5 cm³/mol. The topological polar surface area (TPSA) is 67.2 Å². The van der Waals surface area contributed by atoms with Gasteiger partial charge in [-0.05, 0) is 32.6 Å². The van der Waals surface area contributed by atoms with E-state index in [4.69, 9.17) is 0 Å². The molecule has 0 spiro atoms. The van der Waals surface area contributed by atoms with Crippen LogP contribution in [-0.4, -0.2) is 47.3 Å². The molecule has 6 nitrogen and oxygen atoms in total. The van der Waals surface area contributed by atoms with Gasteiger partial charge in [0.1, 0.15) is 5.69 Å². The van der Waals surface area contributed by atoms with Gasteiger partial charge in [0, 0.05) is 18.7 Å². The molecule has 1 aromatic carbocycles. The first kappa shape index (κ1) is 16.9. The number of rotatable bonds is 6. The van der Waals surface area contributed by atoms with Gasteiger partial charge in [0.05, 0.1) is 6.54 Å². The maximum absolute atomic E-state index is 12.2. The summed E-state index contributed by atoms with van der Waals surface area (Å²) in [5, 5.41) is 7.00. The summed E-state index contributed by atoms with van der Waals surface area (Å²) in [6, 6.07) is 12.6. The highest BCUT2D eigenvalue weighted by Crippen LogP contribution is 2.00. The minimum Gasteiger partial charge on any atom is -0.349 e. The first-order valence-corrected chi connectivity index (χ1v) is 7.54. The molecule has 1 aromatic heterocycles. The minimum absolute atomic E-state index is 0.217. The standard InChI is InChI=1S/C17H22N4O2/c1-13(20(2)3)11-18-17(23)15-9-10-16(22)21(19-15)12-14-7-5-4-6-8-14/h4-10,13H,11-12H2,1-3H3,(H,18,23)/t13-/m0/s1. The van der Waals surface area contributed by atoms with Crippen molar-refractivity contribution < 1.29 is 4.79 Å². The molecule has 0 fully saturated rings. The van der Waals surface area contributed by atoms with Gasteiger partial charge in [0.15, 0.2) is 0 Å². The van der Waals surface area contributed by atoms with Crippen molar-refractivity contribution in [2.24, 2.45) is 0 Å². The summed E-state index contributed by atoms with van der Waals surface area (Å²) in [7, 11) is 3.91. The van der Waals surface area contributed by atoms with Gasteiger partial charge in [0.25, 0.3) is 11.5 Å². The molecule has 1 atom stereocenters. The summed E-state index contributed by atoms with van der Waals surface area (Å²) in [6.07, 6.45) is 0. The molecular weight excluding hydrogens is 292 g/mol. The third-order valence-corrected chi connectivity index (χ3v) is 3.71. The molecule has 2 rings (SSSR count). The van der Waals surface area contributed by atoms with E-state index < -0.39 is 0 Å². The molecule has 0 saturated carbocycles. The van der Waals surface area contributed by atoms with Crippen LogP contribution in [0.3, 0.4) is 0 Å². The number of benzene rings is 1. The average Bonchev–Trinajstić information content (AvgIpc) is 2.55. The highest BCUT2D eigenvalue weighted by atomic mass is 16.2. The predicted octanol–water partition coefficient (Wildman–Crippen LogP) is 0.971. The Bertz CT molecular complexity index is 710. The van der Waals surface area contributed by atoms with E-state index in [-0.39, 0.29) is 23.2 Å². The van der Waals surface area contributed by atoms with E-state index in [1.165, 1.54) is 16.8 Å². The Kier molecular flexibility index (Phi) is 5.65. The van der Waals surface area contributed by atoms with Gasteiger partial charge in [-0.15, -0.1) is 0 Å². The van der Waals surface area contributed by atoms with Crippen LogP contribution < -0.4 is 10.9 Å². The summed E-state index contributed by atoms with van der Waals surface area (Å²) in [4.78, 5) is 26.1. The normalized spacial score (nSPS) is 12.2. The molecule has 1 amide bonds. The average molecular weight is 314 g/mol. The van der Waals surface area contributed by atoms with Crippen LogP contribution in [0.2, 0.25) is 0 Å². The summed E-state index contributed by atoms with van der Waals surface area (Å²) < 4.78 is 1.31. The van der Waals surface area contributed by atoms with E-state index in [0.717, 1.165) is 5.56 Å². The zero-order valence-corrected chi connectivity index (χ0v) is 13.7. The van der Waals surface area contributed by atoms with E-state index in [1.807, 2.05) is 56.3 Å². The number of carbonyl (C=O) groups excluding carboxylic acids is 1. The number of nitrogens with zero attached hydrogens (tertiary/aromatic N) is 3. The van der Waals surface area contributed by atoms with Gasteiger partial charge in [-0.3, -0.25) is 9.59 Å². The third kappa shape index (κ3) is 4.75. The van der Waals surface area contributed by atoms with Crippen LogP contribution >= 0.6 is 0 Å². The first-order valence-electron chi connectivity index (χ1n) is 7.54. The Morgan fingerprint density at radius 2 is 1.91 bits per heavy atom. The highest BCUT2D eigenvalue weighted by molar-refractivity contribution is 5.92. The van der Waals surface area contributed by atoms with Gasteiger partial charge in [-0.25, -0.2) is 4.68 Å². The van der Waals surface area contributed by atoms with Crippen molar-refractivity contribution in [3.05, 3.63) is 64.1 Å². The molecule has 122 valence electrons. The molecule has 6 heteroatoms. The molecule has 0 saturated heterocycles. The third-order valence-electron chi connectivity index (χ3n) is 3.71. The van der Waals surface area contributed by atoms with Crippen molar-refractivity contribution in [1.29, 1.82) is 0 Å². The zero-order valence-electron chi connectivity index (χ0n) is 13.7. The van der Waals surface area contributed by atoms with E-state index >= 15 is 0 Å². The van der Waals surface area contributed by atoms with Crippen molar-refractivity contribution in [3.8, 4) is 0 Å². The zero-order chi connectivity index (χ0) is 16.8. The van der Waals surface area contributed by atoms with Gasteiger partial charge in [-0.1, -0.05) is 30.3 Å². The van der Waals surface area contributed by atoms with Crippen LogP contribution in [0.5, 0.6) is 0 Å². The second kappa shape index (κ2) is 7.69. The summed E-state index contributed by atoms with van der Waals surface area (Å²) >= 11 is 0. The van der Waals surface area contributed by atoms with Crippen LogP contribution in [0.25, 0.3) is 0 Å². The monoisotopic (exact) mass is 314 g/mol. The number of likely N-dealkylation sites (N-methyl/N-ethyl adjacent to an activating group) is 1. The van der Waals surface area contributed by atoms with Crippen molar-refractivity contribution in [3.63, 3.8) is 0 Å². The fraction of sp³-hybridized carbons (Fsp3) is 0.353.